The Bertz CT molecular complexity index is 471. The van der Waals surface area contributed by atoms with Crippen LogP contribution in [0.5, 0.6) is 5.75 Å². The van der Waals surface area contributed by atoms with E-state index in [9.17, 15) is 4.79 Å². The molecular weight excluding hydrogens is 276 g/mol. The van der Waals surface area contributed by atoms with Gasteiger partial charge in [-0.3, -0.25) is 9.69 Å². The molecule has 1 saturated heterocycles. The van der Waals surface area contributed by atoms with Crippen LogP contribution in [0.1, 0.15) is 23.7 Å². The molecular formula is C15H21ClN2O2. The van der Waals surface area contributed by atoms with Crippen LogP contribution in [0.4, 0.5) is 0 Å². The number of benzene rings is 1. The molecule has 0 bridgehead atoms. The van der Waals surface area contributed by atoms with E-state index < -0.39 is 0 Å². The van der Waals surface area contributed by atoms with Crippen molar-refractivity contribution in [2.75, 3.05) is 39.8 Å². The number of hydrogen-bond acceptors (Lipinski definition) is 3. The predicted molar refractivity (Wildman–Crippen MR) is 80.6 cm³/mol. The van der Waals surface area contributed by atoms with Crippen molar-refractivity contribution in [1.82, 2.24) is 9.80 Å². The lowest BCUT2D eigenvalue weighted by Crippen LogP contribution is -2.48. The van der Waals surface area contributed by atoms with E-state index in [4.69, 9.17) is 16.3 Å². The van der Waals surface area contributed by atoms with E-state index in [1.807, 2.05) is 4.90 Å². The molecule has 0 saturated carbocycles. The lowest BCUT2D eigenvalue weighted by molar-refractivity contribution is 0.0634. The molecule has 0 unspecified atom stereocenters. The van der Waals surface area contributed by atoms with Gasteiger partial charge in [0.1, 0.15) is 5.75 Å². The molecule has 1 fully saturated rings. The molecule has 0 atom stereocenters. The van der Waals surface area contributed by atoms with Gasteiger partial charge in [-0.25, -0.2) is 0 Å². The largest absolute Gasteiger partial charge is 0.496 e. The molecule has 1 aromatic rings. The quantitative estimate of drug-likeness (QED) is 0.856. The number of nitrogens with zero attached hydrogens (tertiary/aromatic N) is 2. The van der Waals surface area contributed by atoms with Gasteiger partial charge in [0.25, 0.3) is 5.91 Å². The summed E-state index contributed by atoms with van der Waals surface area (Å²) in [6.45, 7) is 6.66. The van der Waals surface area contributed by atoms with Crippen LogP contribution in [-0.4, -0.2) is 55.5 Å². The van der Waals surface area contributed by atoms with E-state index in [1.54, 1.807) is 25.3 Å². The van der Waals surface area contributed by atoms with Crippen molar-refractivity contribution in [3.8, 4) is 5.75 Å². The molecule has 1 aliphatic rings. The Morgan fingerprint density at radius 3 is 2.60 bits per heavy atom. The Hall–Kier alpha value is -1.26. The first-order valence-corrected chi connectivity index (χ1v) is 7.38. The summed E-state index contributed by atoms with van der Waals surface area (Å²) in [6, 6.07) is 5.15. The number of piperazine rings is 1. The molecule has 1 aromatic carbocycles. The summed E-state index contributed by atoms with van der Waals surface area (Å²) in [4.78, 5) is 16.8. The Morgan fingerprint density at radius 1 is 1.30 bits per heavy atom. The van der Waals surface area contributed by atoms with E-state index in [0.717, 1.165) is 39.1 Å². The SMILES string of the molecule is CCCN1CCN(C(=O)c2cc(Cl)ccc2OC)CC1. The van der Waals surface area contributed by atoms with Crippen molar-refractivity contribution in [1.29, 1.82) is 0 Å². The lowest BCUT2D eigenvalue weighted by Gasteiger charge is -2.34. The highest BCUT2D eigenvalue weighted by molar-refractivity contribution is 6.31. The number of methoxy groups -OCH3 is 1. The Labute approximate surface area is 125 Å². The summed E-state index contributed by atoms with van der Waals surface area (Å²) >= 11 is 5.99. The Kier molecular flexibility index (Phi) is 5.26. The van der Waals surface area contributed by atoms with Crippen molar-refractivity contribution in [2.45, 2.75) is 13.3 Å². The molecule has 20 heavy (non-hydrogen) atoms. The van der Waals surface area contributed by atoms with Crippen LogP contribution >= 0.6 is 11.6 Å². The van der Waals surface area contributed by atoms with Gasteiger partial charge in [0.2, 0.25) is 0 Å². The van der Waals surface area contributed by atoms with Crippen molar-refractivity contribution in [3.63, 3.8) is 0 Å². The van der Waals surface area contributed by atoms with Gasteiger partial charge >= 0.3 is 0 Å². The number of carbonyl (C=O) groups is 1. The third-order valence-electron chi connectivity index (χ3n) is 3.59. The molecule has 0 aromatic heterocycles. The highest BCUT2D eigenvalue weighted by Crippen LogP contribution is 2.24. The number of halogens is 1. The minimum absolute atomic E-state index is 0.000462. The molecule has 110 valence electrons. The minimum Gasteiger partial charge on any atom is -0.496 e. The number of hydrogen-bond donors (Lipinski definition) is 0. The van der Waals surface area contributed by atoms with Crippen LogP contribution in [0.25, 0.3) is 0 Å². The topological polar surface area (TPSA) is 32.8 Å². The first kappa shape index (κ1) is 15.1. The summed E-state index contributed by atoms with van der Waals surface area (Å²) in [6.07, 6.45) is 1.15. The van der Waals surface area contributed by atoms with Crippen LogP contribution in [0, 0.1) is 0 Å². The average molecular weight is 297 g/mol. The normalized spacial score (nSPS) is 16.2. The second-order valence-electron chi connectivity index (χ2n) is 4.98. The maximum Gasteiger partial charge on any atom is 0.257 e. The zero-order chi connectivity index (χ0) is 14.5. The smallest absolute Gasteiger partial charge is 0.257 e. The number of amides is 1. The highest BCUT2D eigenvalue weighted by atomic mass is 35.5. The number of carbonyl (C=O) groups excluding carboxylic acids is 1. The van der Waals surface area contributed by atoms with Gasteiger partial charge in [0.05, 0.1) is 12.7 Å². The molecule has 0 spiro atoms. The third kappa shape index (κ3) is 3.44. The van der Waals surface area contributed by atoms with Gasteiger partial charge in [-0.05, 0) is 31.2 Å². The lowest BCUT2D eigenvalue weighted by atomic mass is 10.1. The van der Waals surface area contributed by atoms with Crippen molar-refractivity contribution >= 4 is 17.5 Å². The van der Waals surface area contributed by atoms with Crippen molar-refractivity contribution in [3.05, 3.63) is 28.8 Å². The second-order valence-corrected chi connectivity index (χ2v) is 5.41. The first-order chi connectivity index (χ1) is 9.65. The van der Waals surface area contributed by atoms with E-state index in [2.05, 4.69) is 11.8 Å². The van der Waals surface area contributed by atoms with Gasteiger partial charge < -0.3 is 9.64 Å². The van der Waals surface area contributed by atoms with Gasteiger partial charge in [-0.2, -0.15) is 0 Å². The maximum absolute atomic E-state index is 12.6. The van der Waals surface area contributed by atoms with Gasteiger partial charge in [0.15, 0.2) is 0 Å². The van der Waals surface area contributed by atoms with Crippen molar-refractivity contribution < 1.29 is 9.53 Å². The van der Waals surface area contributed by atoms with Crippen LogP contribution in [-0.2, 0) is 0 Å². The van der Waals surface area contributed by atoms with E-state index in [0.29, 0.717) is 16.3 Å². The molecule has 5 heteroatoms. The van der Waals surface area contributed by atoms with Crippen LogP contribution in [0.15, 0.2) is 18.2 Å². The molecule has 0 radical (unpaired) electrons. The van der Waals surface area contributed by atoms with Crippen LogP contribution < -0.4 is 4.74 Å². The Morgan fingerprint density at radius 2 is 2.00 bits per heavy atom. The zero-order valence-electron chi connectivity index (χ0n) is 12.1. The summed E-state index contributed by atoms with van der Waals surface area (Å²) in [5.74, 6) is 0.580. The molecule has 1 heterocycles. The number of ether oxygens (including phenoxy) is 1. The molecule has 0 aliphatic carbocycles. The van der Waals surface area contributed by atoms with Gasteiger partial charge in [0, 0.05) is 31.2 Å². The fourth-order valence-corrected chi connectivity index (χ4v) is 2.68. The first-order valence-electron chi connectivity index (χ1n) is 7.01. The van der Waals surface area contributed by atoms with E-state index >= 15 is 0 Å². The minimum atomic E-state index is 0.000462. The third-order valence-corrected chi connectivity index (χ3v) is 3.83. The second kappa shape index (κ2) is 6.95. The zero-order valence-corrected chi connectivity index (χ0v) is 12.8. The average Bonchev–Trinajstić information content (AvgIpc) is 2.47. The van der Waals surface area contributed by atoms with Crippen LogP contribution in [0.3, 0.4) is 0 Å². The van der Waals surface area contributed by atoms with Crippen LogP contribution in [0.2, 0.25) is 5.02 Å². The predicted octanol–water partition coefficient (Wildman–Crippen LogP) is 2.52. The molecule has 1 aliphatic heterocycles. The van der Waals surface area contributed by atoms with Gasteiger partial charge in [-0.15, -0.1) is 0 Å². The molecule has 2 rings (SSSR count). The summed E-state index contributed by atoms with van der Waals surface area (Å²) in [7, 11) is 1.57. The summed E-state index contributed by atoms with van der Waals surface area (Å²) in [5, 5.41) is 0.554. The van der Waals surface area contributed by atoms with Gasteiger partial charge in [-0.1, -0.05) is 18.5 Å². The Balaban J connectivity index is 2.07. The molecule has 4 nitrogen and oxygen atoms in total. The number of rotatable bonds is 4. The highest BCUT2D eigenvalue weighted by Gasteiger charge is 2.24. The fourth-order valence-electron chi connectivity index (χ4n) is 2.51. The standard InChI is InChI=1S/C15H21ClN2O2/c1-3-6-17-7-9-18(10-8-17)15(19)13-11-12(16)4-5-14(13)20-2/h4-5,11H,3,6-10H2,1-2H3. The summed E-state index contributed by atoms with van der Waals surface area (Å²) in [5.41, 5.74) is 0.545. The van der Waals surface area contributed by atoms with Crippen molar-refractivity contribution in [2.24, 2.45) is 0 Å². The fraction of sp³-hybridized carbons (Fsp3) is 0.533. The summed E-state index contributed by atoms with van der Waals surface area (Å²) < 4.78 is 5.26. The van der Waals surface area contributed by atoms with E-state index in [-0.39, 0.29) is 5.91 Å². The molecule has 1 amide bonds. The maximum atomic E-state index is 12.6. The molecule has 0 N–H and O–H groups in total. The van der Waals surface area contributed by atoms with E-state index in [1.165, 1.54) is 0 Å². The monoisotopic (exact) mass is 296 g/mol.